The third-order valence-corrected chi connectivity index (χ3v) is 5.66. The molecule has 2 nitrogen and oxygen atoms in total. The number of hydrogen-bond acceptors (Lipinski definition) is 2. The summed E-state index contributed by atoms with van der Waals surface area (Å²) in [4.78, 5) is 5.44. The Hall–Kier alpha value is -0.0800. The van der Waals surface area contributed by atoms with Crippen LogP contribution in [0, 0.1) is 11.8 Å². The lowest BCUT2D eigenvalue weighted by Crippen LogP contribution is -2.43. The summed E-state index contributed by atoms with van der Waals surface area (Å²) in [5, 5.41) is 0. The molecule has 2 heteroatoms. The van der Waals surface area contributed by atoms with E-state index in [2.05, 4.69) is 30.6 Å². The third-order valence-electron chi connectivity index (χ3n) is 5.66. The van der Waals surface area contributed by atoms with Gasteiger partial charge in [-0.2, -0.15) is 0 Å². The molecule has 0 aromatic carbocycles. The van der Waals surface area contributed by atoms with Crippen LogP contribution in [0.1, 0.15) is 59.3 Å². The molecule has 0 aromatic rings. The Kier molecular flexibility index (Phi) is 6.15. The van der Waals surface area contributed by atoms with Crippen molar-refractivity contribution in [3.63, 3.8) is 0 Å². The first-order valence-electron chi connectivity index (χ1n) is 8.69. The Bertz CT molecular complexity index is 238. The largest absolute Gasteiger partial charge is 0.303 e. The fourth-order valence-electron chi connectivity index (χ4n) is 3.78. The van der Waals surface area contributed by atoms with Gasteiger partial charge in [-0.25, -0.2) is 0 Å². The standard InChI is InChI=1S/C17H34N2/c1-4-15(3)19-12-8-17(9-13-19)14-18-10-6-16(5-2)7-11-18/h15-17H,4-14H2,1-3H3. The smallest absolute Gasteiger partial charge is 0.00643 e. The number of piperidine rings is 2. The molecule has 112 valence electrons. The maximum atomic E-state index is 2.75. The fraction of sp³-hybridized carbons (Fsp3) is 1.00. The summed E-state index contributed by atoms with van der Waals surface area (Å²) < 4.78 is 0. The van der Waals surface area contributed by atoms with E-state index in [0.717, 1.165) is 17.9 Å². The number of rotatable bonds is 5. The number of hydrogen-bond donors (Lipinski definition) is 0. The molecule has 0 bridgehead atoms. The zero-order valence-electron chi connectivity index (χ0n) is 13.4. The molecule has 2 fully saturated rings. The molecule has 0 spiro atoms. The molecule has 2 aliphatic heterocycles. The van der Waals surface area contributed by atoms with Crippen molar-refractivity contribution in [2.24, 2.45) is 11.8 Å². The minimum Gasteiger partial charge on any atom is -0.303 e. The van der Waals surface area contributed by atoms with Crippen molar-refractivity contribution < 1.29 is 0 Å². The molecule has 19 heavy (non-hydrogen) atoms. The van der Waals surface area contributed by atoms with Crippen LogP contribution in [0.4, 0.5) is 0 Å². The minimum atomic E-state index is 0.793. The highest BCUT2D eigenvalue weighted by Gasteiger charge is 2.25. The molecule has 0 amide bonds. The van der Waals surface area contributed by atoms with Gasteiger partial charge in [0.2, 0.25) is 0 Å². The van der Waals surface area contributed by atoms with Gasteiger partial charge in [0, 0.05) is 12.6 Å². The van der Waals surface area contributed by atoms with Crippen LogP contribution in [-0.2, 0) is 0 Å². The average Bonchev–Trinajstić information content (AvgIpc) is 2.48. The van der Waals surface area contributed by atoms with Gasteiger partial charge < -0.3 is 9.80 Å². The van der Waals surface area contributed by atoms with Crippen molar-refractivity contribution in [2.75, 3.05) is 32.7 Å². The Morgan fingerprint density at radius 1 is 0.895 bits per heavy atom. The van der Waals surface area contributed by atoms with Crippen LogP contribution in [0.3, 0.4) is 0 Å². The molecule has 0 N–H and O–H groups in total. The van der Waals surface area contributed by atoms with Gasteiger partial charge in [0.25, 0.3) is 0 Å². The van der Waals surface area contributed by atoms with Gasteiger partial charge in [0.1, 0.15) is 0 Å². The summed E-state index contributed by atoms with van der Waals surface area (Å²) in [5.41, 5.74) is 0. The second kappa shape index (κ2) is 7.64. The fourth-order valence-corrected chi connectivity index (χ4v) is 3.78. The molecule has 1 atom stereocenters. The lowest BCUT2D eigenvalue weighted by atomic mass is 9.91. The Morgan fingerprint density at radius 3 is 2.00 bits per heavy atom. The molecule has 2 rings (SSSR count). The summed E-state index contributed by atoms with van der Waals surface area (Å²) in [6, 6.07) is 0.793. The van der Waals surface area contributed by atoms with Crippen LogP contribution in [0.25, 0.3) is 0 Å². The Morgan fingerprint density at radius 2 is 1.47 bits per heavy atom. The minimum absolute atomic E-state index is 0.793. The monoisotopic (exact) mass is 266 g/mol. The first kappa shape index (κ1) is 15.3. The quantitative estimate of drug-likeness (QED) is 0.750. The number of likely N-dealkylation sites (tertiary alicyclic amines) is 2. The highest BCUT2D eigenvalue weighted by Crippen LogP contribution is 2.24. The van der Waals surface area contributed by atoms with Crippen LogP contribution in [0.15, 0.2) is 0 Å². The van der Waals surface area contributed by atoms with Gasteiger partial charge >= 0.3 is 0 Å². The highest BCUT2D eigenvalue weighted by molar-refractivity contribution is 4.79. The Balaban J connectivity index is 1.66. The van der Waals surface area contributed by atoms with Crippen molar-refractivity contribution in [3.8, 4) is 0 Å². The molecule has 0 radical (unpaired) electrons. The predicted molar refractivity (Wildman–Crippen MR) is 83.5 cm³/mol. The summed E-state index contributed by atoms with van der Waals surface area (Å²) in [7, 11) is 0. The molecular formula is C17H34N2. The van der Waals surface area contributed by atoms with E-state index in [9.17, 15) is 0 Å². The van der Waals surface area contributed by atoms with Gasteiger partial charge in [0.15, 0.2) is 0 Å². The molecular weight excluding hydrogens is 232 g/mol. The summed E-state index contributed by atoms with van der Waals surface area (Å²) in [5.74, 6) is 1.99. The van der Waals surface area contributed by atoms with Crippen LogP contribution in [-0.4, -0.2) is 48.6 Å². The van der Waals surface area contributed by atoms with E-state index < -0.39 is 0 Å². The van der Waals surface area contributed by atoms with Gasteiger partial charge in [-0.1, -0.05) is 20.3 Å². The van der Waals surface area contributed by atoms with E-state index in [0.29, 0.717) is 0 Å². The first-order chi connectivity index (χ1) is 9.22. The SMILES string of the molecule is CCC1CCN(CC2CCN(C(C)CC)CC2)CC1. The zero-order chi connectivity index (χ0) is 13.7. The summed E-state index contributed by atoms with van der Waals surface area (Å²) >= 11 is 0. The van der Waals surface area contributed by atoms with Gasteiger partial charge in [-0.15, -0.1) is 0 Å². The average molecular weight is 266 g/mol. The van der Waals surface area contributed by atoms with Crippen molar-refractivity contribution >= 4 is 0 Å². The topological polar surface area (TPSA) is 6.48 Å². The number of nitrogens with zero attached hydrogens (tertiary/aromatic N) is 2. The van der Waals surface area contributed by atoms with Crippen LogP contribution in [0.2, 0.25) is 0 Å². The molecule has 0 aromatic heterocycles. The van der Waals surface area contributed by atoms with Crippen molar-refractivity contribution in [3.05, 3.63) is 0 Å². The summed E-state index contributed by atoms with van der Waals surface area (Å²) in [6.07, 6.45) is 8.44. The van der Waals surface area contributed by atoms with Crippen LogP contribution in [0.5, 0.6) is 0 Å². The van der Waals surface area contributed by atoms with E-state index in [4.69, 9.17) is 0 Å². The second-order valence-corrected chi connectivity index (χ2v) is 6.89. The molecule has 1 unspecified atom stereocenters. The second-order valence-electron chi connectivity index (χ2n) is 6.89. The van der Waals surface area contributed by atoms with Crippen molar-refractivity contribution in [1.29, 1.82) is 0 Å². The Labute approximate surface area is 120 Å². The van der Waals surface area contributed by atoms with Crippen molar-refractivity contribution in [1.82, 2.24) is 9.80 Å². The molecule has 2 saturated heterocycles. The van der Waals surface area contributed by atoms with Crippen molar-refractivity contribution in [2.45, 2.75) is 65.3 Å². The van der Waals surface area contributed by atoms with Gasteiger partial charge in [-0.3, -0.25) is 0 Å². The van der Waals surface area contributed by atoms with E-state index in [1.54, 1.807) is 0 Å². The molecule has 0 aliphatic carbocycles. The molecule has 2 heterocycles. The first-order valence-corrected chi connectivity index (χ1v) is 8.69. The lowest BCUT2D eigenvalue weighted by Gasteiger charge is -2.39. The third kappa shape index (κ3) is 4.46. The van der Waals surface area contributed by atoms with E-state index >= 15 is 0 Å². The van der Waals surface area contributed by atoms with Gasteiger partial charge in [0.05, 0.1) is 0 Å². The normalized spacial score (nSPS) is 26.7. The molecule has 2 aliphatic rings. The lowest BCUT2D eigenvalue weighted by molar-refractivity contribution is 0.0984. The maximum absolute atomic E-state index is 2.75. The van der Waals surface area contributed by atoms with Crippen LogP contribution < -0.4 is 0 Å². The maximum Gasteiger partial charge on any atom is 0.00643 e. The van der Waals surface area contributed by atoms with Gasteiger partial charge in [-0.05, 0) is 77.0 Å². The molecule has 0 saturated carbocycles. The summed E-state index contributed by atoms with van der Waals surface area (Å²) in [6.45, 7) is 13.8. The zero-order valence-corrected chi connectivity index (χ0v) is 13.4. The van der Waals surface area contributed by atoms with E-state index in [-0.39, 0.29) is 0 Å². The van der Waals surface area contributed by atoms with E-state index in [1.807, 2.05) is 0 Å². The van der Waals surface area contributed by atoms with E-state index in [1.165, 1.54) is 71.2 Å². The predicted octanol–water partition coefficient (Wildman–Crippen LogP) is 3.62. The highest BCUT2D eigenvalue weighted by atomic mass is 15.2. The van der Waals surface area contributed by atoms with Crippen LogP contribution >= 0.6 is 0 Å².